The topological polar surface area (TPSA) is 9.23 Å². The smallest absolute Gasteiger partial charge is 0.0905 e. The Morgan fingerprint density at radius 1 is 1.00 bits per heavy atom. The van der Waals surface area contributed by atoms with Gasteiger partial charge in [-0.25, -0.2) is 0 Å². The molecule has 3 aliphatic rings. The molecular formula is C20H22O. The van der Waals surface area contributed by atoms with Crippen LogP contribution in [-0.4, -0.2) is 11.7 Å². The van der Waals surface area contributed by atoms with Crippen LogP contribution in [0.2, 0.25) is 0 Å². The standard InChI is InChI=1S/C20H22O/c1-19(2)17-12-11-15-14-8-6-5-7-13(14)9-10-16(15)18(17)21-20(19,3)4/h5-12,16,18H,1-4H3. The highest BCUT2D eigenvalue weighted by Gasteiger charge is 2.54. The highest BCUT2D eigenvalue weighted by Crippen LogP contribution is 2.55. The van der Waals surface area contributed by atoms with Crippen LogP contribution >= 0.6 is 0 Å². The molecule has 0 saturated carbocycles. The number of rotatable bonds is 0. The third-order valence-corrected chi connectivity index (χ3v) is 5.84. The van der Waals surface area contributed by atoms with Gasteiger partial charge in [0.15, 0.2) is 0 Å². The summed E-state index contributed by atoms with van der Waals surface area (Å²) in [6.07, 6.45) is 9.37. The minimum atomic E-state index is -0.127. The molecule has 1 heteroatoms. The summed E-state index contributed by atoms with van der Waals surface area (Å²) >= 11 is 0. The van der Waals surface area contributed by atoms with Crippen molar-refractivity contribution in [3.63, 3.8) is 0 Å². The Hall–Kier alpha value is -1.60. The minimum absolute atomic E-state index is 0.0739. The van der Waals surface area contributed by atoms with Gasteiger partial charge in [0, 0.05) is 11.3 Å². The SMILES string of the molecule is CC1(C)OC2C(=CC=C3c4ccccc4C=CC32)C1(C)C. The van der Waals surface area contributed by atoms with Gasteiger partial charge in [-0.2, -0.15) is 0 Å². The van der Waals surface area contributed by atoms with Crippen LogP contribution in [0.4, 0.5) is 0 Å². The maximum absolute atomic E-state index is 6.49. The maximum atomic E-state index is 6.49. The Morgan fingerprint density at radius 2 is 1.76 bits per heavy atom. The molecule has 1 fully saturated rings. The third-order valence-electron chi connectivity index (χ3n) is 5.84. The quantitative estimate of drug-likeness (QED) is 0.658. The molecule has 0 bridgehead atoms. The van der Waals surface area contributed by atoms with Gasteiger partial charge in [0.2, 0.25) is 0 Å². The third kappa shape index (κ3) is 1.61. The highest BCUT2D eigenvalue weighted by molar-refractivity contribution is 5.83. The molecule has 1 aromatic rings. The molecule has 0 spiro atoms. The summed E-state index contributed by atoms with van der Waals surface area (Å²) < 4.78 is 6.49. The van der Waals surface area contributed by atoms with Gasteiger partial charge in [-0.3, -0.25) is 0 Å². The van der Waals surface area contributed by atoms with E-state index in [9.17, 15) is 0 Å². The summed E-state index contributed by atoms with van der Waals surface area (Å²) in [4.78, 5) is 0. The van der Waals surface area contributed by atoms with Crippen molar-refractivity contribution in [1.29, 1.82) is 0 Å². The van der Waals surface area contributed by atoms with Gasteiger partial charge in [-0.05, 0) is 36.1 Å². The van der Waals surface area contributed by atoms with E-state index in [4.69, 9.17) is 4.74 Å². The molecule has 2 atom stereocenters. The van der Waals surface area contributed by atoms with Gasteiger partial charge in [-0.15, -0.1) is 0 Å². The molecule has 1 heterocycles. The van der Waals surface area contributed by atoms with Crippen LogP contribution in [0.1, 0.15) is 38.8 Å². The molecule has 0 radical (unpaired) electrons. The van der Waals surface area contributed by atoms with E-state index in [1.165, 1.54) is 22.3 Å². The zero-order valence-corrected chi connectivity index (χ0v) is 13.2. The van der Waals surface area contributed by atoms with E-state index in [-0.39, 0.29) is 17.1 Å². The normalized spacial score (nSPS) is 30.9. The molecule has 2 aliphatic carbocycles. The Labute approximate surface area is 127 Å². The average Bonchev–Trinajstić information content (AvgIpc) is 2.64. The molecule has 0 amide bonds. The van der Waals surface area contributed by atoms with Crippen molar-refractivity contribution < 1.29 is 4.74 Å². The number of ether oxygens (including phenoxy) is 1. The first-order valence-corrected chi connectivity index (χ1v) is 7.79. The number of fused-ring (bicyclic) bond motifs is 5. The van der Waals surface area contributed by atoms with Crippen LogP contribution in [0.25, 0.3) is 11.6 Å². The van der Waals surface area contributed by atoms with Crippen molar-refractivity contribution in [2.75, 3.05) is 0 Å². The first-order valence-electron chi connectivity index (χ1n) is 7.79. The van der Waals surface area contributed by atoms with Crippen molar-refractivity contribution in [2.24, 2.45) is 11.3 Å². The van der Waals surface area contributed by atoms with Crippen molar-refractivity contribution in [1.82, 2.24) is 0 Å². The van der Waals surface area contributed by atoms with Crippen LogP contribution in [0.15, 0.2) is 48.1 Å². The van der Waals surface area contributed by atoms with E-state index in [2.05, 4.69) is 76.3 Å². The summed E-state index contributed by atoms with van der Waals surface area (Å²) in [6.45, 7) is 9.04. The second-order valence-corrected chi connectivity index (χ2v) is 7.39. The Morgan fingerprint density at radius 3 is 2.57 bits per heavy atom. The fourth-order valence-corrected chi connectivity index (χ4v) is 3.84. The largest absolute Gasteiger partial charge is 0.366 e. The summed E-state index contributed by atoms with van der Waals surface area (Å²) in [5.41, 5.74) is 5.45. The van der Waals surface area contributed by atoms with E-state index in [1.807, 2.05) is 0 Å². The molecule has 1 aromatic carbocycles. The molecule has 0 aromatic heterocycles. The lowest BCUT2D eigenvalue weighted by Gasteiger charge is -2.34. The fourth-order valence-electron chi connectivity index (χ4n) is 3.84. The van der Waals surface area contributed by atoms with Gasteiger partial charge >= 0.3 is 0 Å². The molecule has 108 valence electrons. The van der Waals surface area contributed by atoms with Crippen LogP contribution in [0.5, 0.6) is 0 Å². The van der Waals surface area contributed by atoms with Gasteiger partial charge in [0.05, 0.1) is 11.7 Å². The van der Waals surface area contributed by atoms with Crippen molar-refractivity contribution in [3.8, 4) is 0 Å². The Kier molecular flexibility index (Phi) is 2.48. The zero-order valence-electron chi connectivity index (χ0n) is 13.2. The summed E-state index contributed by atoms with van der Waals surface area (Å²) in [6, 6.07) is 8.64. The van der Waals surface area contributed by atoms with Crippen LogP contribution in [0, 0.1) is 11.3 Å². The van der Waals surface area contributed by atoms with E-state index >= 15 is 0 Å². The van der Waals surface area contributed by atoms with Crippen LogP contribution < -0.4 is 0 Å². The Bertz CT molecular complexity index is 700. The molecular weight excluding hydrogens is 256 g/mol. The van der Waals surface area contributed by atoms with Crippen molar-refractivity contribution >= 4 is 11.6 Å². The summed E-state index contributed by atoms with van der Waals surface area (Å²) in [5, 5.41) is 0. The summed E-state index contributed by atoms with van der Waals surface area (Å²) in [5.74, 6) is 0.348. The number of allylic oxidation sites excluding steroid dienone is 2. The van der Waals surface area contributed by atoms with Gasteiger partial charge in [0.1, 0.15) is 0 Å². The van der Waals surface area contributed by atoms with E-state index in [0.717, 1.165) is 0 Å². The van der Waals surface area contributed by atoms with Gasteiger partial charge in [0.25, 0.3) is 0 Å². The van der Waals surface area contributed by atoms with Crippen molar-refractivity contribution in [3.05, 3.63) is 59.2 Å². The molecule has 1 saturated heterocycles. The lowest BCUT2D eigenvalue weighted by Crippen LogP contribution is -2.35. The second-order valence-electron chi connectivity index (χ2n) is 7.39. The molecule has 0 N–H and O–H groups in total. The van der Waals surface area contributed by atoms with Gasteiger partial charge < -0.3 is 4.74 Å². The molecule has 21 heavy (non-hydrogen) atoms. The number of hydrogen-bond acceptors (Lipinski definition) is 1. The minimum Gasteiger partial charge on any atom is -0.366 e. The first kappa shape index (κ1) is 13.1. The summed E-state index contributed by atoms with van der Waals surface area (Å²) in [7, 11) is 0. The number of hydrogen-bond donors (Lipinski definition) is 0. The molecule has 1 aliphatic heterocycles. The molecule has 1 nitrogen and oxygen atoms in total. The number of benzene rings is 1. The Balaban J connectivity index is 1.86. The van der Waals surface area contributed by atoms with Crippen molar-refractivity contribution in [2.45, 2.75) is 39.4 Å². The van der Waals surface area contributed by atoms with E-state index < -0.39 is 0 Å². The lowest BCUT2D eigenvalue weighted by molar-refractivity contribution is -0.0568. The van der Waals surface area contributed by atoms with E-state index in [1.54, 1.807) is 0 Å². The van der Waals surface area contributed by atoms with Crippen LogP contribution in [0.3, 0.4) is 0 Å². The first-order chi connectivity index (χ1) is 9.92. The average molecular weight is 278 g/mol. The highest BCUT2D eigenvalue weighted by atomic mass is 16.5. The zero-order chi connectivity index (χ0) is 14.8. The maximum Gasteiger partial charge on any atom is 0.0905 e. The van der Waals surface area contributed by atoms with Gasteiger partial charge in [-0.1, -0.05) is 62.4 Å². The predicted molar refractivity (Wildman–Crippen MR) is 87.8 cm³/mol. The fraction of sp³-hybridized carbons (Fsp3) is 0.400. The molecule has 2 unspecified atom stereocenters. The molecule has 4 rings (SSSR count). The monoisotopic (exact) mass is 278 g/mol. The second kappa shape index (κ2) is 3.98. The van der Waals surface area contributed by atoms with E-state index in [0.29, 0.717) is 5.92 Å². The predicted octanol–water partition coefficient (Wildman–Crippen LogP) is 4.86. The lowest BCUT2D eigenvalue weighted by atomic mass is 9.67. The van der Waals surface area contributed by atoms with Crippen LogP contribution in [-0.2, 0) is 4.74 Å².